The second kappa shape index (κ2) is 5.38. The van der Waals surface area contributed by atoms with Gasteiger partial charge in [-0.2, -0.15) is 0 Å². The Morgan fingerprint density at radius 2 is 1.82 bits per heavy atom. The third-order valence-corrected chi connectivity index (χ3v) is 4.65. The van der Waals surface area contributed by atoms with E-state index in [1.807, 2.05) is 0 Å². The van der Waals surface area contributed by atoms with Gasteiger partial charge in [-0.25, -0.2) is 0 Å². The molecule has 0 aromatic heterocycles. The summed E-state index contributed by atoms with van der Waals surface area (Å²) in [6, 6.07) is 0. The maximum Gasteiger partial charge on any atom is 0.310 e. The van der Waals surface area contributed by atoms with Gasteiger partial charge in [0.05, 0.1) is 5.92 Å². The molecule has 1 aliphatic carbocycles. The lowest BCUT2D eigenvalue weighted by atomic mass is 9.80. The summed E-state index contributed by atoms with van der Waals surface area (Å²) in [5.74, 6) is 1.97. The molecule has 98 valence electrons. The molecular weight excluding hydrogens is 214 g/mol. The number of esters is 1. The first-order valence-corrected chi connectivity index (χ1v) is 6.99. The van der Waals surface area contributed by atoms with Gasteiger partial charge in [-0.15, -0.1) is 0 Å². The number of hydrogen-bond acceptors (Lipinski definition) is 3. The van der Waals surface area contributed by atoms with Crippen LogP contribution in [0.15, 0.2) is 0 Å². The maximum atomic E-state index is 12.0. The minimum absolute atomic E-state index is 0.0225. The van der Waals surface area contributed by atoms with E-state index in [2.05, 4.69) is 26.1 Å². The first-order chi connectivity index (χ1) is 8.08. The van der Waals surface area contributed by atoms with Crippen molar-refractivity contribution in [1.29, 1.82) is 0 Å². The van der Waals surface area contributed by atoms with Gasteiger partial charge >= 0.3 is 5.97 Å². The summed E-state index contributed by atoms with van der Waals surface area (Å²) in [4.78, 5) is 12.0. The van der Waals surface area contributed by atoms with Crippen molar-refractivity contribution in [2.75, 3.05) is 13.1 Å². The zero-order valence-corrected chi connectivity index (χ0v) is 11.2. The van der Waals surface area contributed by atoms with Crippen LogP contribution in [0.3, 0.4) is 0 Å². The largest absolute Gasteiger partial charge is 0.462 e. The van der Waals surface area contributed by atoms with E-state index in [0.29, 0.717) is 11.8 Å². The Hall–Kier alpha value is -0.570. The lowest BCUT2D eigenvalue weighted by Crippen LogP contribution is -2.32. The number of ether oxygens (including phenoxy) is 1. The first-order valence-electron chi connectivity index (χ1n) is 6.99. The minimum Gasteiger partial charge on any atom is -0.462 e. The van der Waals surface area contributed by atoms with Crippen LogP contribution in [0, 0.1) is 23.7 Å². The van der Waals surface area contributed by atoms with Crippen molar-refractivity contribution in [3.63, 3.8) is 0 Å². The van der Waals surface area contributed by atoms with E-state index >= 15 is 0 Å². The highest BCUT2D eigenvalue weighted by Gasteiger charge is 2.34. The van der Waals surface area contributed by atoms with Crippen molar-refractivity contribution in [2.24, 2.45) is 23.7 Å². The lowest BCUT2D eigenvalue weighted by Gasteiger charge is -2.32. The highest BCUT2D eigenvalue weighted by Crippen LogP contribution is 2.31. The summed E-state index contributed by atoms with van der Waals surface area (Å²) in [6.45, 7) is 8.42. The number of carbonyl (C=O) groups is 1. The molecule has 0 radical (unpaired) electrons. The Morgan fingerprint density at radius 1 is 1.06 bits per heavy atom. The van der Waals surface area contributed by atoms with Crippen LogP contribution in [0.1, 0.15) is 40.0 Å². The van der Waals surface area contributed by atoms with Crippen molar-refractivity contribution < 1.29 is 9.53 Å². The zero-order valence-electron chi connectivity index (χ0n) is 11.2. The topological polar surface area (TPSA) is 38.3 Å². The Bertz CT molecular complexity index is 279. The second-order valence-corrected chi connectivity index (χ2v) is 6.07. The van der Waals surface area contributed by atoms with Crippen molar-refractivity contribution in [3.8, 4) is 0 Å². The monoisotopic (exact) mass is 239 g/mol. The Labute approximate surface area is 104 Å². The third kappa shape index (κ3) is 3.01. The van der Waals surface area contributed by atoms with Crippen LogP contribution in [0.2, 0.25) is 0 Å². The van der Waals surface area contributed by atoms with Gasteiger partial charge in [0.1, 0.15) is 6.10 Å². The molecule has 5 atom stereocenters. The van der Waals surface area contributed by atoms with Crippen molar-refractivity contribution in [2.45, 2.75) is 46.1 Å². The minimum atomic E-state index is 0.0225. The van der Waals surface area contributed by atoms with Crippen LogP contribution in [0.25, 0.3) is 0 Å². The predicted octanol–water partition coefficient (Wildman–Crippen LogP) is 2.21. The van der Waals surface area contributed by atoms with Crippen LogP contribution >= 0.6 is 0 Å². The molecular formula is C14H25NO2. The first kappa shape index (κ1) is 12.9. The van der Waals surface area contributed by atoms with Crippen molar-refractivity contribution >= 4 is 5.97 Å². The molecule has 0 spiro atoms. The molecule has 3 heteroatoms. The molecule has 2 fully saturated rings. The Balaban J connectivity index is 1.82. The van der Waals surface area contributed by atoms with Gasteiger partial charge in [-0.3, -0.25) is 4.79 Å². The van der Waals surface area contributed by atoms with Crippen molar-refractivity contribution in [1.82, 2.24) is 5.32 Å². The quantitative estimate of drug-likeness (QED) is 0.751. The van der Waals surface area contributed by atoms with Crippen LogP contribution in [0.5, 0.6) is 0 Å². The van der Waals surface area contributed by atoms with Gasteiger partial charge < -0.3 is 10.1 Å². The average molecular weight is 239 g/mol. The molecule has 0 aromatic rings. The van der Waals surface area contributed by atoms with Crippen LogP contribution in [-0.2, 0) is 9.53 Å². The normalized spacial score (nSPS) is 42.4. The summed E-state index contributed by atoms with van der Waals surface area (Å²) in [5.41, 5.74) is 0. The molecule has 1 saturated heterocycles. The molecule has 3 unspecified atom stereocenters. The van der Waals surface area contributed by atoms with E-state index < -0.39 is 0 Å². The second-order valence-electron chi connectivity index (χ2n) is 6.07. The van der Waals surface area contributed by atoms with Crippen LogP contribution < -0.4 is 5.32 Å². The Kier molecular flexibility index (Phi) is 4.08. The van der Waals surface area contributed by atoms with Gasteiger partial charge in [0.2, 0.25) is 0 Å². The standard InChI is InChI=1S/C14H25NO2/c1-9-4-5-12(6-10(9)2)17-14(16)13-8-15-7-11(13)3/h9-13,15H,4-8H2,1-3H3/t9?,10?,11-,12?,13-/m1/s1. The van der Waals surface area contributed by atoms with Crippen LogP contribution in [-0.4, -0.2) is 25.2 Å². The van der Waals surface area contributed by atoms with E-state index in [1.54, 1.807) is 0 Å². The molecule has 1 aliphatic heterocycles. The van der Waals surface area contributed by atoms with E-state index in [0.717, 1.165) is 31.8 Å². The molecule has 0 amide bonds. The van der Waals surface area contributed by atoms with E-state index in [9.17, 15) is 4.79 Å². The smallest absolute Gasteiger partial charge is 0.310 e. The highest BCUT2D eigenvalue weighted by atomic mass is 16.5. The van der Waals surface area contributed by atoms with Gasteiger partial charge in [0.25, 0.3) is 0 Å². The average Bonchev–Trinajstić information content (AvgIpc) is 2.70. The number of carbonyl (C=O) groups excluding carboxylic acids is 1. The molecule has 3 nitrogen and oxygen atoms in total. The molecule has 0 bridgehead atoms. The fourth-order valence-electron chi connectivity index (χ4n) is 2.98. The summed E-state index contributed by atoms with van der Waals surface area (Å²) in [7, 11) is 0. The number of rotatable bonds is 2. The molecule has 2 rings (SSSR count). The molecule has 1 N–H and O–H groups in total. The zero-order chi connectivity index (χ0) is 12.4. The summed E-state index contributed by atoms with van der Waals surface area (Å²) in [6.07, 6.45) is 3.45. The molecule has 1 saturated carbocycles. The fraction of sp³-hybridized carbons (Fsp3) is 0.929. The van der Waals surface area contributed by atoms with Crippen molar-refractivity contribution in [3.05, 3.63) is 0 Å². The highest BCUT2D eigenvalue weighted by molar-refractivity contribution is 5.73. The molecule has 1 heterocycles. The Morgan fingerprint density at radius 3 is 2.41 bits per heavy atom. The predicted molar refractivity (Wildman–Crippen MR) is 67.6 cm³/mol. The molecule has 2 aliphatic rings. The van der Waals surface area contributed by atoms with Gasteiger partial charge in [-0.1, -0.05) is 20.8 Å². The van der Waals surface area contributed by atoms with E-state index in [1.165, 1.54) is 6.42 Å². The van der Waals surface area contributed by atoms with E-state index in [-0.39, 0.29) is 18.0 Å². The molecule has 17 heavy (non-hydrogen) atoms. The van der Waals surface area contributed by atoms with E-state index in [4.69, 9.17) is 4.74 Å². The fourth-order valence-corrected chi connectivity index (χ4v) is 2.98. The summed E-state index contributed by atoms with van der Waals surface area (Å²) >= 11 is 0. The van der Waals surface area contributed by atoms with Gasteiger partial charge in [0.15, 0.2) is 0 Å². The van der Waals surface area contributed by atoms with Gasteiger partial charge in [-0.05, 0) is 43.6 Å². The molecule has 0 aromatic carbocycles. The van der Waals surface area contributed by atoms with Gasteiger partial charge in [0, 0.05) is 6.54 Å². The summed E-state index contributed by atoms with van der Waals surface area (Å²) < 4.78 is 5.69. The third-order valence-electron chi connectivity index (χ3n) is 4.65. The van der Waals surface area contributed by atoms with Crippen LogP contribution in [0.4, 0.5) is 0 Å². The lowest BCUT2D eigenvalue weighted by molar-refractivity contribution is -0.157. The number of hydrogen-bond donors (Lipinski definition) is 1. The summed E-state index contributed by atoms with van der Waals surface area (Å²) in [5, 5.41) is 3.26. The SMILES string of the molecule is CC1CCC(OC(=O)[C@@H]2CNC[C@H]2C)CC1C. The maximum absolute atomic E-state index is 12.0. The number of nitrogens with one attached hydrogen (secondary N) is 1.